The second kappa shape index (κ2) is 7.09. The monoisotopic (exact) mass is 348 g/mol. The molecular weight excluding hydrogens is 324 g/mol. The van der Waals surface area contributed by atoms with E-state index in [0.717, 1.165) is 54.0 Å². The number of rotatable bonds is 5. The van der Waals surface area contributed by atoms with Crippen molar-refractivity contribution in [2.24, 2.45) is 0 Å². The van der Waals surface area contributed by atoms with E-state index in [2.05, 4.69) is 24.1 Å². The molecular formula is C18H24N2O3S. The molecule has 0 aliphatic carbocycles. The topological polar surface area (TPSA) is 43.8 Å². The minimum atomic E-state index is -0.0829. The number of ether oxygens (including phenoxy) is 3. The summed E-state index contributed by atoms with van der Waals surface area (Å²) in [4.78, 5) is 7.19. The lowest BCUT2D eigenvalue weighted by atomic mass is 10.1. The fourth-order valence-electron chi connectivity index (χ4n) is 2.96. The molecule has 0 unspecified atom stereocenters. The first kappa shape index (κ1) is 17.2. The van der Waals surface area contributed by atoms with E-state index >= 15 is 0 Å². The zero-order valence-corrected chi connectivity index (χ0v) is 15.5. The van der Waals surface area contributed by atoms with Crippen LogP contribution in [-0.4, -0.2) is 49.4 Å². The minimum Gasteiger partial charge on any atom is -0.493 e. The number of benzene rings is 1. The lowest BCUT2D eigenvalue weighted by molar-refractivity contribution is -0.0884. The average molecular weight is 348 g/mol. The average Bonchev–Trinajstić information content (AvgIpc) is 3.01. The Morgan fingerprint density at radius 1 is 1.25 bits per heavy atom. The van der Waals surface area contributed by atoms with Crippen molar-refractivity contribution in [1.29, 1.82) is 0 Å². The molecule has 0 N–H and O–H groups in total. The zero-order chi connectivity index (χ0) is 17.2. The van der Waals surface area contributed by atoms with Gasteiger partial charge in [-0.15, -0.1) is 11.3 Å². The predicted molar refractivity (Wildman–Crippen MR) is 96.0 cm³/mol. The molecule has 0 saturated carbocycles. The molecule has 6 heteroatoms. The fourth-order valence-corrected chi connectivity index (χ4v) is 3.77. The maximum absolute atomic E-state index is 5.77. The SMILES string of the molecule is COc1ccc(-c2nc(CN3CCOC(C)(C)C3)cs2)cc1OC. The summed E-state index contributed by atoms with van der Waals surface area (Å²) in [7, 11) is 3.29. The van der Waals surface area contributed by atoms with Gasteiger partial charge in [0, 0.05) is 30.6 Å². The largest absolute Gasteiger partial charge is 0.493 e. The minimum absolute atomic E-state index is 0.0829. The molecule has 2 heterocycles. The molecule has 5 nitrogen and oxygen atoms in total. The Morgan fingerprint density at radius 2 is 2.04 bits per heavy atom. The predicted octanol–water partition coefficient (Wildman–Crippen LogP) is 3.44. The standard InChI is InChI=1S/C18H24N2O3S/c1-18(2)12-20(7-8-23-18)10-14-11-24-17(19-14)13-5-6-15(21-3)16(9-13)22-4/h5-6,9,11H,7-8,10,12H2,1-4H3. The van der Waals surface area contributed by atoms with E-state index in [-0.39, 0.29) is 5.60 Å². The van der Waals surface area contributed by atoms with E-state index in [1.54, 1.807) is 25.6 Å². The van der Waals surface area contributed by atoms with Crippen LogP contribution in [0.5, 0.6) is 11.5 Å². The number of aromatic nitrogens is 1. The molecule has 0 atom stereocenters. The quantitative estimate of drug-likeness (QED) is 0.828. The molecule has 2 aromatic rings. The first-order valence-electron chi connectivity index (χ1n) is 8.04. The van der Waals surface area contributed by atoms with Crippen molar-refractivity contribution in [2.75, 3.05) is 33.9 Å². The molecule has 0 bridgehead atoms. The van der Waals surface area contributed by atoms with E-state index in [0.29, 0.717) is 0 Å². The van der Waals surface area contributed by atoms with Crippen LogP contribution in [0.4, 0.5) is 0 Å². The van der Waals surface area contributed by atoms with Gasteiger partial charge in [0.1, 0.15) is 5.01 Å². The van der Waals surface area contributed by atoms with Gasteiger partial charge in [-0.05, 0) is 32.0 Å². The second-order valence-electron chi connectivity index (χ2n) is 6.53. The maximum atomic E-state index is 5.77. The summed E-state index contributed by atoms with van der Waals surface area (Å²) in [5, 5.41) is 3.13. The molecule has 1 saturated heterocycles. The highest BCUT2D eigenvalue weighted by molar-refractivity contribution is 7.13. The molecule has 0 radical (unpaired) electrons. The van der Waals surface area contributed by atoms with Crippen LogP contribution in [0.2, 0.25) is 0 Å². The summed E-state index contributed by atoms with van der Waals surface area (Å²) in [5.41, 5.74) is 2.06. The first-order chi connectivity index (χ1) is 11.5. The third kappa shape index (κ3) is 3.88. The number of methoxy groups -OCH3 is 2. The Morgan fingerprint density at radius 3 is 2.75 bits per heavy atom. The van der Waals surface area contributed by atoms with Gasteiger partial charge in [-0.1, -0.05) is 0 Å². The highest BCUT2D eigenvalue weighted by Gasteiger charge is 2.27. The summed E-state index contributed by atoms with van der Waals surface area (Å²) in [6.45, 7) is 7.78. The van der Waals surface area contributed by atoms with E-state index in [1.807, 2.05) is 18.2 Å². The Labute approximate surface area is 147 Å². The van der Waals surface area contributed by atoms with Crippen LogP contribution in [0.1, 0.15) is 19.5 Å². The lowest BCUT2D eigenvalue weighted by Gasteiger charge is -2.37. The van der Waals surface area contributed by atoms with Gasteiger partial charge >= 0.3 is 0 Å². The molecule has 0 spiro atoms. The van der Waals surface area contributed by atoms with Crippen LogP contribution in [0.25, 0.3) is 10.6 Å². The normalized spacial score (nSPS) is 17.7. The van der Waals surface area contributed by atoms with Crippen molar-refractivity contribution in [3.05, 3.63) is 29.3 Å². The van der Waals surface area contributed by atoms with Gasteiger partial charge in [0.15, 0.2) is 11.5 Å². The third-order valence-corrected chi connectivity index (χ3v) is 5.01. The zero-order valence-electron chi connectivity index (χ0n) is 14.7. The first-order valence-corrected chi connectivity index (χ1v) is 8.92. The van der Waals surface area contributed by atoms with Gasteiger partial charge in [-0.3, -0.25) is 4.90 Å². The number of hydrogen-bond acceptors (Lipinski definition) is 6. The molecule has 1 aromatic carbocycles. The van der Waals surface area contributed by atoms with Crippen LogP contribution in [0.15, 0.2) is 23.6 Å². The molecule has 1 aliphatic heterocycles. The highest BCUT2D eigenvalue weighted by atomic mass is 32.1. The van der Waals surface area contributed by atoms with Crippen LogP contribution in [-0.2, 0) is 11.3 Å². The number of nitrogens with zero attached hydrogens (tertiary/aromatic N) is 2. The Bertz CT molecular complexity index is 699. The van der Waals surface area contributed by atoms with Crippen LogP contribution < -0.4 is 9.47 Å². The van der Waals surface area contributed by atoms with Crippen molar-refractivity contribution in [1.82, 2.24) is 9.88 Å². The smallest absolute Gasteiger partial charge is 0.161 e. The van der Waals surface area contributed by atoms with Crippen LogP contribution in [0, 0.1) is 0 Å². The second-order valence-corrected chi connectivity index (χ2v) is 7.39. The molecule has 1 aliphatic rings. The molecule has 0 amide bonds. The van der Waals surface area contributed by atoms with Gasteiger partial charge < -0.3 is 14.2 Å². The number of thiazole rings is 1. The van der Waals surface area contributed by atoms with E-state index in [9.17, 15) is 0 Å². The summed E-state index contributed by atoms with van der Waals surface area (Å²) in [5.74, 6) is 1.45. The summed E-state index contributed by atoms with van der Waals surface area (Å²) >= 11 is 1.66. The van der Waals surface area contributed by atoms with Gasteiger partial charge in [0.2, 0.25) is 0 Å². The molecule has 24 heavy (non-hydrogen) atoms. The van der Waals surface area contributed by atoms with Gasteiger partial charge in [-0.2, -0.15) is 0 Å². The van der Waals surface area contributed by atoms with Crippen molar-refractivity contribution in [2.45, 2.75) is 26.0 Å². The molecule has 3 rings (SSSR count). The van der Waals surface area contributed by atoms with E-state index in [4.69, 9.17) is 19.2 Å². The van der Waals surface area contributed by atoms with Crippen LogP contribution >= 0.6 is 11.3 Å². The van der Waals surface area contributed by atoms with Crippen molar-refractivity contribution < 1.29 is 14.2 Å². The highest BCUT2D eigenvalue weighted by Crippen LogP contribution is 2.33. The molecule has 130 valence electrons. The summed E-state index contributed by atoms with van der Waals surface area (Å²) in [6, 6.07) is 5.90. The van der Waals surface area contributed by atoms with E-state index in [1.165, 1.54) is 0 Å². The fraction of sp³-hybridized carbons (Fsp3) is 0.500. The van der Waals surface area contributed by atoms with Crippen molar-refractivity contribution in [3.8, 4) is 22.1 Å². The summed E-state index contributed by atoms with van der Waals surface area (Å²) in [6.07, 6.45) is 0. The van der Waals surface area contributed by atoms with E-state index < -0.39 is 0 Å². The Hall–Kier alpha value is -1.63. The number of morpholine rings is 1. The Balaban J connectivity index is 1.74. The number of hydrogen-bond donors (Lipinski definition) is 0. The molecule has 1 fully saturated rings. The maximum Gasteiger partial charge on any atom is 0.161 e. The van der Waals surface area contributed by atoms with Gasteiger partial charge in [0.05, 0.1) is 32.1 Å². The third-order valence-electron chi connectivity index (χ3n) is 4.07. The van der Waals surface area contributed by atoms with Gasteiger partial charge in [0.25, 0.3) is 0 Å². The molecule has 1 aromatic heterocycles. The van der Waals surface area contributed by atoms with Crippen molar-refractivity contribution >= 4 is 11.3 Å². The van der Waals surface area contributed by atoms with Crippen LogP contribution in [0.3, 0.4) is 0 Å². The van der Waals surface area contributed by atoms with Gasteiger partial charge in [-0.25, -0.2) is 4.98 Å². The Kier molecular flexibility index (Phi) is 5.08. The lowest BCUT2D eigenvalue weighted by Crippen LogP contribution is -2.47. The van der Waals surface area contributed by atoms with Crippen molar-refractivity contribution in [3.63, 3.8) is 0 Å². The summed E-state index contributed by atoms with van der Waals surface area (Å²) < 4.78 is 16.4.